The van der Waals surface area contributed by atoms with E-state index in [2.05, 4.69) is 22.6 Å². The van der Waals surface area contributed by atoms with Gasteiger partial charge in [-0.1, -0.05) is 18.2 Å². The summed E-state index contributed by atoms with van der Waals surface area (Å²) in [7, 11) is 0. The molecule has 1 aliphatic heterocycles. The molecule has 124 valence electrons. The van der Waals surface area contributed by atoms with Crippen LogP contribution in [0.5, 0.6) is 5.75 Å². The Labute approximate surface area is 154 Å². The van der Waals surface area contributed by atoms with Crippen LogP contribution in [0.2, 0.25) is 0 Å². The molecule has 0 atom stereocenters. The third-order valence-electron chi connectivity index (χ3n) is 4.05. The summed E-state index contributed by atoms with van der Waals surface area (Å²) < 4.78 is 0.929. The summed E-state index contributed by atoms with van der Waals surface area (Å²) in [6.45, 7) is 2.00. The summed E-state index contributed by atoms with van der Waals surface area (Å²) in [4.78, 5) is 28.6. The van der Waals surface area contributed by atoms with E-state index in [1.165, 1.54) is 12.1 Å². The zero-order chi connectivity index (χ0) is 17.1. The number of benzene rings is 2. The summed E-state index contributed by atoms with van der Waals surface area (Å²) >= 11 is 2.16. The van der Waals surface area contributed by atoms with E-state index in [0.717, 1.165) is 3.57 Å². The molecule has 1 aliphatic rings. The maximum absolute atomic E-state index is 12.6. The lowest BCUT2D eigenvalue weighted by molar-refractivity contribution is 0.0535. The zero-order valence-corrected chi connectivity index (χ0v) is 15.1. The molecule has 3 rings (SSSR count). The van der Waals surface area contributed by atoms with E-state index in [1.54, 1.807) is 21.9 Å². The van der Waals surface area contributed by atoms with Crippen LogP contribution in [-0.4, -0.2) is 52.9 Å². The molecule has 0 saturated carbocycles. The second-order valence-corrected chi connectivity index (χ2v) is 6.78. The Morgan fingerprint density at radius 3 is 2.12 bits per heavy atom. The zero-order valence-electron chi connectivity index (χ0n) is 13.0. The van der Waals surface area contributed by atoms with Gasteiger partial charge < -0.3 is 14.9 Å². The number of amides is 2. The largest absolute Gasteiger partial charge is 0.508 e. The number of halogens is 1. The van der Waals surface area contributed by atoms with Crippen LogP contribution in [-0.2, 0) is 0 Å². The predicted octanol–water partition coefficient (Wildman–Crippen LogP) is 2.60. The molecule has 6 heteroatoms. The fourth-order valence-corrected chi connectivity index (χ4v) is 3.36. The number of hydrogen-bond acceptors (Lipinski definition) is 3. The standard InChI is InChI=1S/C18H17IN2O3/c19-16-7-2-1-6-15(16)18(24)21-10-8-20(9-11-21)17(23)13-4-3-5-14(22)12-13/h1-7,12,22H,8-11H2. The van der Waals surface area contributed by atoms with Crippen LogP contribution in [0.4, 0.5) is 0 Å². The van der Waals surface area contributed by atoms with Crippen molar-refractivity contribution in [3.05, 3.63) is 63.2 Å². The lowest BCUT2D eigenvalue weighted by Gasteiger charge is -2.35. The molecule has 5 nitrogen and oxygen atoms in total. The smallest absolute Gasteiger partial charge is 0.255 e. The van der Waals surface area contributed by atoms with Crippen LogP contribution in [0.25, 0.3) is 0 Å². The fourth-order valence-electron chi connectivity index (χ4n) is 2.74. The predicted molar refractivity (Wildman–Crippen MR) is 99.1 cm³/mol. The van der Waals surface area contributed by atoms with Gasteiger partial charge in [-0.05, 0) is 52.9 Å². The SMILES string of the molecule is O=C(c1cccc(O)c1)N1CCN(C(=O)c2ccccc2I)CC1. The quantitative estimate of drug-likeness (QED) is 0.737. The second-order valence-electron chi connectivity index (χ2n) is 5.61. The molecule has 1 fully saturated rings. The van der Waals surface area contributed by atoms with Crippen molar-refractivity contribution in [3.8, 4) is 5.75 Å². The van der Waals surface area contributed by atoms with Crippen molar-refractivity contribution in [1.82, 2.24) is 9.80 Å². The number of nitrogens with zero attached hydrogens (tertiary/aromatic N) is 2. The summed E-state index contributed by atoms with van der Waals surface area (Å²) in [6, 6.07) is 13.8. The van der Waals surface area contributed by atoms with E-state index in [4.69, 9.17) is 0 Å². The average molecular weight is 436 g/mol. The van der Waals surface area contributed by atoms with Gasteiger partial charge in [0.05, 0.1) is 5.56 Å². The third-order valence-corrected chi connectivity index (χ3v) is 4.99. The molecule has 0 aromatic heterocycles. The van der Waals surface area contributed by atoms with Crippen LogP contribution in [0.3, 0.4) is 0 Å². The van der Waals surface area contributed by atoms with Gasteiger partial charge in [0.2, 0.25) is 0 Å². The van der Waals surface area contributed by atoms with E-state index < -0.39 is 0 Å². The lowest BCUT2D eigenvalue weighted by Crippen LogP contribution is -2.50. The number of aromatic hydroxyl groups is 1. The van der Waals surface area contributed by atoms with Gasteiger partial charge in [-0.3, -0.25) is 9.59 Å². The van der Waals surface area contributed by atoms with Gasteiger partial charge in [0.1, 0.15) is 5.75 Å². The van der Waals surface area contributed by atoms with Gasteiger partial charge in [-0.15, -0.1) is 0 Å². The molecule has 0 aliphatic carbocycles. The third kappa shape index (κ3) is 3.53. The Bertz CT molecular complexity index is 770. The summed E-state index contributed by atoms with van der Waals surface area (Å²) in [5.41, 5.74) is 1.17. The molecule has 0 bridgehead atoms. The van der Waals surface area contributed by atoms with Gasteiger partial charge in [-0.25, -0.2) is 0 Å². The Hall–Kier alpha value is -2.09. The first-order valence-electron chi connectivity index (χ1n) is 7.68. The number of phenols is 1. The Morgan fingerprint density at radius 1 is 0.875 bits per heavy atom. The number of carbonyl (C=O) groups excluding carboxylic acids is 2. The fraction of sp³-hybridized carbons (Fsp3) is 0.222. The molecular weight excluding hydrogens is 419 g/mol. The first-order chi connectivity index (χ1) is 11.6. The van der Waals surface area contributed by atoms with Crippen molar-refractivity contribution in [1.29, 1.82) is 0 Å². The van der Waals surface area contributed by atoms with Crippen molar-refractivity contribution < 1.29 is 14.7 Å². The van der Waals surface area contributed by atoms with E-state index in [-0.39, 0.29) is 17.6 Å². The van der Waals surface area contributed by atoms with Crippen LogP contribution < -0.4 is 0 Å². The minimum absolute atomic E-state index is 0.00412. The Balaban J connectivity index is 1.65. The number of phenolic OH excluding ortho intramolecular Hbond substituents is 1. The molecule has 0 unspecified atom stereocenters. The van der Waals surface area contributed by atoms with Crippen LogP contribution >= 0.6 is 22.6 Å². The van der Waals surface area contributed by atoms with E-state index in [0.29, 0.717) is 37.3 Å². The number of hydrogen-bond donors (Lipinski definition) is 1. The first kappa shape index (κ1) is 16.8. The molecule has 1 saturated heterocycles. The lowest BCUT2D eigenvalue weighted by atomic mass is 10.1. The minimum Gasteiger partial charge on any atom is -0.508 e. The van der Waals surface area contributed by atoms with Gasteiger partial charge >= 0.3 is 0 Å². The number of carbonyl (C=O) groups is 2. The Morgan fingerprint density at radius 2 is 1.50 bits per heavy atom. The monoisotopic (exact) mass is 436 g/mol. The van der Waals surface area contributed by atoms with E-state index >= 15 is 0 Å². The first-order valence-corrected chi connectivity index (χ1v) is 8.76. The van der Waals surface area contributed by atoms with E-state index in [9.17, 15) is 14.7 Å². The van der Waals surface area contributed by atoms with Crippen molar-refractivity contribution in [2.45, 2.75) is 0 Å². The van der Waals surface area contributed by atoms with E-state index in [1.807, 2.05) is 24.3 Å². The van der Waals surface area contributed by atoms with Crippen molar-refractivity contribution in [2.75, 3.05) is 26.2 Å². The highest BCUT2D eigenvalue weighted by molar-refractivity contribution is 14.1. The molecular formula is C18H17IN2O3. The molecule has 1 heterocycles. The molecule has 2 aromatic rings. The summed E-state index contributed by atoms with van der Waals surface area (Å²) in [6.07, 6.45) is 0. The van der Waals surface area contributed by atoms with Crippen molar-refractivity contribution in [3.63, 3.8) is 0 Å². The second kappa shape index (κ2) is 7.21. The summed E-state index contributed by atoms with van der Waals surface area (Å²) in [5.74, 6) is -0.0370. The normalized spacial score (nSPS) is 14.5. The van der Waals surface area contributed by atoms with Gasteiger partial charge in [0.25, 0.3) is 11.8 Å². The highest BCUT2D eigenvalue weighted by Gasteiger charge is 2.26. The Kier molecular flexibility index (Phi) is 5.03. The molecule has 1 N–H and O–H groups in total. The van der Waals surface area contributed by atoms with Gasteiger partial charge in [0, 0.05) is 35.3 Å². The molecule has 24 heavy (non-hydrogen) atoms. The minimum atomic E-state index is -0.118. The van der Waals surface area contributed by atoms with Crippen LogP contribution in [0.15, 0.2) is 48.5 Å². The van der Waals surface area contributed by atoms with Crippen molar-refractivity contribution in [2.24, 2.45) is 0 Å². The molecule has 0 spiro atoms. The molecule has 2 aromatic carbocycles. The summed E-state index contributed by atoms with van der Waals surface area (Å²) in [5, 5.41) is 9.50. The number of piperazine rings is 1. The number of rotatable bonds is 2. The van der Waals surface area contributed by atoms with Crippen molar-refractivity contribution >= 4 is 34.4 Å². The maximum atomic E-state index is 12.6. The molecule has 0 radical (unpaired) electrons. The topological polar surface area (TPSA) is 60.9 Å². The van der Waals surface area contributed by atoms with Gasteiger partial charge in [-0.2, -0.15) is 0 Å². The maximum Gasteiger partial charge on any atom is 0.255 e. The van der Waals surface area contributed by atoms with Crippen LogP contribution in [0, 0.1) is 3.57 Å². The average Bonchev–Trinajstić information content (AvgIpc) is 2.61. The van der Waals surface area contributed by atoms with Gasteiger partial charge in [0.15, 0.2) is 0 Å². The highest BCUT2D eigenvalue weighted by Crippen LogP contribution is 2.17. The molecule has 2 amide bonds. The highest BCUT2D eigenvalue weighted by atomic mass is 127. The van der Waals surface area contributed by atoms with Crippen LogP contribution in [0.1, 0.15) is 20.7 Å².